The molecule has 15 heavy (non-hydrogen) atoms. The van der Waals surface area contributed by atoms with Crippen molar-refractivity contribution in [2.45, 2.75) is 19.2 Å². The summed E-state index contributed by atoms with van der Waals surface area (Å²) in [6, 6.07) is 9.31. The predicted octanol–water partition coefficient (Wildman–Crippen LogP) is 1.74. The van der Waals surface area contributed by atoms with Gasteiger partial charge in [0, 0.05) is 0 Å². The maximum absolute atomic E-state index is 12.1. The topological polar surface area (TPSA) is 72.5 Å². The van der Waals surface area contributed by atoms with Gasteiger partial charge in [-0.05, 0) is 12.5 Å². The van der Waals surface area contributed by atoms with Crippen LogP contribution in [0.2, 0.25) is 0 Å². The summed E-state index contributed by atoms with van der Waals surface area (Å²) in [7, 11) is -2.95. The molecule has 0 heterocycles. The second-order valence-corrected chi connectivity index (χ2v) is 6.12. The van der Waals surface area contributed by atoms with E-state index in [1.54, 1.807) is 6.92 Å². The Morgan fingerprint density at radius 2 is 2.07 bits per heavy atom. The zero-order chi connectivity index (χ0) is 11.3. The van der Waals surface area contributed by atoms with Crippen molar-refractivity contribution in [1.82, 2.24) is 0 Å². The molecule has 0 saturated carbocycles. The molecule has 0 saturated heterocycles. The Balaban J connectivity index is 2.73. The Kier molecular flexibility index (Phi) is 4.48. The lowest BCUT2D eigenvalue weighted by molar-refractivity contribution is 0.209. The molecule has 4 nitrogen and oxygen atoms in total. The van der Waals surface area contributed by atoms with Crippen molar-refractivity contribution >= 4 is 7.37 Å². The Bertz CT molecular complexity index is 340. The first-order valence-corrected chi connectivity index (χ1v) is 6.74. The summed E-state index contributed by atoms with van der Waals surface area (Å²) in [6.45, 7) is 1.57. The molecular formula is C10H16NO3P. The fraction of sp³-hybridized carbons (Fsp3) is 0.400. The lowest BCUT2D eigenvalue weighted by atomic mass is 10.2. The fourth-order valence-electron chi connectivity index (χ4n) is 1.41. The van der Waals surface area contributed by atoms with Crippen molar-refractivity contribution in [3.63, 3.8) is 0 Å². The third kappa shape index (κ3) is 4.14. The van der Waals surface area contributed by atoms with Crippen LogP contribution in [0.1, 0.15) is 12.5 Å². The maximum Gasteiger partial charge on any atom is 0.227 e. The van der Waals surface area contributed by atoms with Crippen molar-refractivity contribution in [3.8, 4) is 0 Å². The summed E-state index contributed by atoms with van der Waals surface area (Å²) in [4.78, 5) is 0. The highest BCUT2D eigenvalue weighted by molar-refractivity contribution is 7.58. The standard InChI is InChI=1S/C10H16NO3P/c1-9(12)7-15(13,14-11)8-10-5-3-2-4-6-10/h2-6,9,12H,7-8,11H2,1H3/t9-,15?/m0/s1. The monoisotopic (exact) mass is 229 g/mol. The van der Waals surface area contributed by atoms with Gasteiger partial charge in [0.25, 0.3) is 0 Å². The van der Waals surface area contributed by atoms with Gasteiger partial charge in [0.1, 0.15) is 0 Å². The Hall–Kier alpha value is -0.670. The second kappa shape index (κ2) is 5.42. The highest BCUT2D eigenvalue weighted by atomic mass is 31.2. The summed E-state index contributed by atoms with van der Waals surface area (Å²) >= 11 is 0. The molecule has 0 aliphatic rings. The molecule has 0 amide bonds. The van der Waals surface area contributed by atoms with E-state index in [9.17, 15) is 9.67 Å². The minimum atomic E-state index is -2.95. The number of aliphatic hydroxyl groups excluding tert-OH is 1. The molecule has 1 aromatic carbocycles. The van der Waals surface area contributed by atoms with Gasteiger partial charge in [-0.3, -0.25) is 4.57 Å². The van der Waals surface area contributed by atoms with Gasteiger partial charge in [-0.25, -0.2) is 10.5 Å². The lowest BCUT2D eigenvalue weighted by Gasteiger charge is -2.16. The molecule has 0 aliphatic heterocycles. The van der Waals surface area contributed by atoms with Gasteiger partial charge in [0.05, 0.1) is 18.4 Å². The van der Waals surface area contributed by atoms with Crippen LogP contribution < -0.4 is 5.90 Å². The highest BCUT2D eigenvalue weighted by Gasteiger charge is 2.25. The Morgan fingerprint density at radius 3 is 2.53 bits per heavy atom. The number of hydrogen-bond acceptors (Lipinski definition) is 4. The summed E-state index contributed by atoms with van der Waals surface area (Å²) in [5.74, 6) is 5.03. The summed E-state index contributed by atoms with van der Waals surface area (Å²) in [5.41, 5.74) is 0.895. The third-order valence-electron chi connectivity index (χ3n) is 2.00. The van der Waals surface area contributed by atoms with E-state index in [1.807, 2.05) is 30.3 Å². The van der Waals surface area contributed by atoms with E-state index < -0.39 is 13.5 Å². The molecule has 84 valence electrons. The minimum absolute atomic E-state index is 0.0817. The van der Waals surface area contributed by atoms with Gasteiger partial charge in [-0.1, -0.05) is 30.3 Å². The zero-order valence-electron chi connectivity index (χ0n) is 8.67. The van der Waals surface area contributed by atoms with Gasteiger partial charge >= 0.3 is 0 Å². The van der Waals surface area contributed by atoms with Crippen LogP contribution in [0.15, 0.2) is 30.3 Å². The molecule has 0 bridgehead atoms. The number of hydrogen-bond donors (Lipinski definition) is 2. The molecule has 1 unspecified atom stereocenters. The molecular weight excluding hydrogens is 213 g/mol. The van der Waals surface area contributed by atoms with Crippen LogP contribution in [0.25, 0.3) is 0 Å². The molecule has 0 spiro atoms. The van der Waals surface area contributed by atoms with E-state index in [0.29, 0.717) is 0 Å². The molecule has 5 heteroatoms. The van der Waals surface area contributed by atoms with Gasteiger partial charge in [0.2, 0.25) is 7.37 Å². The summed E-state index contributed by atoms with van der Waals surface area (Å²) in [5, 5.41) is 9.19. The van der Waals surface area contributed by atoms with E-state index in [1.165, 1.54) is 0 Å². The SMILES string of the molecule is C[C@H](O)CP(=O)(Cc1ccccc1)ON. The van der Waals surface area contributed by atoms with Crippen molar-refractivity contribution in [1.29, 1.82) is 0 Å². The largest absolute Gasteiger partial charge is 0.393 e. The Morgan fingerprint density at radius 1 is 1.47 bits per heavy atom. The van der Waals surface area contributed by atoms with Crippen LogP contribution in [-0.4, -0.2) is 17.4 Å². The van der Waals surface area contributed by atoms with Gasteiger partial charge in [-0.2, -0.15) is 0 Å². The molecule has 1 rings (SSSR count). The Labute approximate surface area is 89.5 Å². The van der Waals surface area contributed by atoms with Crippen molar-refractivity contribution < 1.29 is 14.3 Å². The number of rotatable bonds is 5. The summed E-state index contributed by atoms with van der Waals surface area (Å²) < 4.78 is 16.6. The molecule has 0 aliphatic carbocycles. The van der Waals surface area contributed by atoms with Crippen molar-refractivity contribution in [2.75, 3.05) is 6.16 Å². The van der Waals surface area contributed by atoms with Crippen molar-refractivity contribution in [2.24, 2.45) is 5.90 Å². The fourth-order valence-corrected chi connectivity index (χ4v) is 3.27. The third-order valence-corrected chi connectivity index (χ3v) is 4.32. The molecule has 0 radical (unpaired) electrons. The first-order chi connectivity index (χ1) is 7.06. The van der Waals surface area contributed by atoms with Crippen LogP contribution in [0, 0.1) is 0 Å². The van der Waals surface area contributed by atoms with Crippen LogP contribution >= 0.6 is 7.37 Å². The van der Waals surface area contributed by atoms with Crippen molar-refractivity contribution in [3.05, 3.63) is 35.9 Å². The van der Waals surface area contributed by atoms with E-state index in [0.717, 1.165) is 5.56 Å². The van der Waals surface area contributed by atoms with Crippen LogP contribution in [0.3, 0.4) is 0 Å². The first kappa shape index (κ1) is 12.4. The van der Waals surface area contributed by atoms with E-state index >= 15 is 0 Å². The van der Waals surface area contributed by atoms with Gasteiger partial charge in [-0.15, -0.1) is 0 Å². The van der Waals surface area contributed by atoms with Gasteiger partial charge in [0.15, 0.2) is 0 Å². The second-order valence-electron chi connectivity index (χ2n) is 3.60. The molecule has 0 aromatic heterocycles. The molecule has 3 N–H and O–H groups in total. The number of nitrogens with two attached hydrogens (primary N) is 1. The number of aliphatic hydroxyl groups is 1. The maximum atomic E-state index is 12.1. The highest BCUT2D eigenvalue weighted by Crippen LogP contribution is 2.48. The minimum Gasteiger partial charge on any atom is -0.393 e. The van der Waals surface area contributed by atoms with Crippen LogP contribution in [0.5, 0.6) is 0 Å². The van der Waals surface area contributed by atoms with Gasteiger partial charge < -0.3 is 5.11 Å². The molecule has 0 fully saturated rings. The van der Waals surface area contributed by atoms with E-state index in [4.69, 9.17) is 5.90 Å². The average Bonchev–Trinajstić information content (AvgIpc) is 2.18. The zero-order valence-corrected chi connectivity index (χ0v) is 9.56. The first-order valence-electron chi connectivity index (χ1n) is 4.74. The normalized spacial score (nSPS) is 17.0. The number of benzene rings is 1. The smallest absolute Gasteiger partial charge is 0.227 e. The van der Waals surface area contributed by atoms with Crippen LogP contribution in [-0.2, 0) is 15.4 Å². The lowest BCUT2D eigenvalue weighted by Crippen LogP contribution is -2.12. The predicted molar refractivity (Wildman–Crippen MR) is 59.6 cm³/mol. The van der Waals surface area contributed by atoms with E-state index in [2.05, 4.69) is 4.62 Å². The van der Waals surface area contributed by atoms with E-state index in [-0.39, 0.29) is 12.3 Å². The van der Waals surface area contributed by atoms with Crippen LogP contribution in [0.4, 0.5) is 0 Å². The quantitative estimate of drug-likeness (QED) is 0.595. The molecule has 1 aromatic rings. The molecule has 2 atom stereocenters. The summed E-state index contributed by atoms with van der Waals surface area (Å²) in [6.07, 6.45) is -0.337. The average molecular weight is 229 g/mol.